The Morgan fingerprint density at radius 2 is 1.89 bits per heavy atom. The molecule has 1 aromatic heterocycles. The molecule has 0 aromatic carbocycles. The van der Waals surface area contributed by atoms with Crippen molar-refractivity contribution in [2.75, 3.05) is 32.7 Å². The Bertz CT molecular complexity index is 726. The topological polar surface area (TPSA) is 94.3 Å². The Labute approximate surface area is 167 Å². The highest BCUT2D eigenvalue weighted by atomic mass is 16.2. The molecule has 2 heterocycles. The number of rotatable bonds is 8. The molecule has 1 fully saturated rings. The molecule has 0 unspecified atom stereocenters. The largest absolute Gasteiger partial charge is 0.353 e. The number of amides is 2. The third-order valence-corrected chi connectivity index (χ3v) is 5.10. The van der Waals surface area contributed by atoms with E-state index in [-0.39, 0.29) is 17.9 Å². The number of nitriles is 1. The van der Waals surface area contributed by atoms with Crippen LogP contribution in [0.25, 0.3) is 0 Å². The van der Waals surface area contributed by atoms with E-state index in [4.69, 9.17) is 5.26 Å². The molecule has 0 radical (unpaired) electrons. The Hall–Kier alpha value is -2.40. The van der Waals surface area contributed by atoms with Gasteiger partial charge in [-0.05, 0) is 39.7 Å². The molecule has 0 spiro atoms. The second-order valence-electron chi connectivity index (χ2n) is 7.66. The number of nitrogens with one attached hydrogen (secondary N) is 1. The van der Waals surface area contributed by atoms with Gasteiger partial charge in [0.25, 0.3) is 0 Å². The van der Waals surface area contributed by atoms with Gasteiger partial charge in [-0.25, -0.2) is 0 Å². The van der Waals surface area contributed by atoms with Crippen LogP contribution in [-0.4, -0.2) is 70.2 Å². The zero-order valence-corrected chi connectivity index (χ0v) is 17.5. The van der Waals surface area contributed by atoms with Crippen molar-refractivity contribution >= 4 is 11.8 Å². The number of aromatic nitrogens is 2. The van der Waals surface area contributed by atoms with E-state index in [1.807, 2.05) is 37.3 Å². The van der Waals surface area contributed by atoms with Gasteiger partial charge in [-0.1, -0.05) is 0 Å². The van der Waals surface area contributed by atoms with E-state index in [1.165, 1.54) is 0 Å². The van der Waals surface area contributed by atoms with Crippen molar-refractivity contribution in [2.24, 2.45) is 0 Å². The number of carbonyl (C=O) groups is 2. The number of hydrogen-bond acceptors (Lipinski definition) is 5. The Balaban J connectivity index is 1.80. The lowest BCUT2D eigenvalue weighted by Crippen LogP contribution is -2.51. The molecule has 1 aliphatic heterocycles. The molecule has 8 nitrogen and oxygen atoms in total. The van der Waals surface area contributed by atoms with E-state index in [0.717, 1.165) is 30.0 Å². The first-order valence-corrected chi connectivity index (χ1v) is 10.0. The van der Waals surface area contributed by atoms with E-state index in [0.29, 0.717) is 45.4 Å². The van der Waals surface area contributed by atoms with Crippen LogP contribution in [0.1, 0.15) is 43.6 Å². The second kappa shape index (κ2) is 10.2. The maximum absolute atomic E-state index is 12.6. The van der Waals surface area contributed by atoms with Crippen LogP contribution < -0.4 is 5.32 Å². The van der Waals surface area contributed by atoms with Gasteiger partial charge in [-0.2, -0.15) is 10.4 Å². The zero-order chi connectivity index (χ0) is 20.7. The van der Waals surface area contributed by atoms with Gasteiger partial charge in [0.1, 0.15) is 0 Å². The highest BCUT2D eigenvalue weighted by Crippen LogP contribution is 2.16. The highest BCUT2D eigenvalue weighted by Gasteiger charge is 2.23. The van der Waals surface area contributed by atoms with E-state index in [9.17, 15) is 9.59 Å². The van der Waals surface area contributed by atoms with Crippen molar-refractivity contribution in [1.29, 1.82) is 5.26 Å². The predicted octanol–water partition coefficient (Wildman–Crippen LogP) is 1.02. The van der Waals surface area contributed by atoms with Gasteiger partial charge in [-0.3, -0.25) is 19.2 Å². The minimum atomic E-state index is 0.0362. The van der Waals surface area contributed by atoms with Crippen LogP contribution in [0.15, 0.2) is 0 Å². The molecule has 0 aliphatic carbocycles. The molecule has 2 rings (SSSR count). The fourth-order valence-electron chi connectivity index (χ4n) is 3.59. The molecule has 1 aromatic rings. The normalized spacial score (nSPS) is 14.9. The zero-order valence-electron chi connectivity index (χ0n) is 17.5. The van der Waals surface area contributed by atoms with E-state index in [2.05, 4.69) is 21.4 Å². The van der Waals surface area contributed by atoms with Gasteiger partial charge in [0.15, 0.2) is 0 Å². The monoisotopic (exact) mass is 388 g/mol. The Kier molecular flexibility index (Phi) is 8.00. The predicted molar refractivity (Wildman–Crippen MR) is 107 cm³/mol. The summed E-state index contributed by atoms with van der Waals surface area (Å²) < 4.78 is 1.86. The molecule has 28 heavy (non-hydrogen) atoms. The van der Waals surface area contributed by atoms with Crippen molar-refractivity contribution < 1.29 is 9.59 Å². The fourth-order valence-corrected chi connectivity index (χ4v) is 3.59. The van der Waals surface area contributed by atoms with Crippen LogP contribution >= 0.6 is 0 Å². The third kappa shape index (κ3) is 6.06. The molecule has 1 N–H and O–H groups in total. The molecular weight excluding hydrogens is 356 g/mol. The quantitative estimate of drug-likeness (QED) is 0.717. The number of aryl methyl sites for hydroxylation is 2. The number of piperazine rings is 1. The maximum Gasteiger partial charge on any atom is 0.234 e. The molecule has 2 amide bonds. The summed E-state index contributed by atoms with van der Waals surface area (Å²) in [7, 11) is 0. The average Bonchev–Trinajstić information content (AvgIpc) is 2.91. The third-order valence-electron chi connectivity index (χ3n) is 5.10. The maximum atomic E-state index is 12.6. The summed E-state index contributed by atoms with van der Waals surface area (Å²) in [6, 6.07) is 2.28. The molecule has 0 atom stereocenters. The molecule has 1 saturated heterocycles. The number of hydrogen-bond donors (Lipinski definition) is 1. The van der Waals surface area contributed by atoms with E-state index in [1.54, 1.807) is 0 Å². The first kappa shape index (κ1) is 21.9. The van der Waals surface area contributed by atoms with Gasteiger partial charge in [0.2, 0.25) is 11.8 Å². The van der Waals surface area contributed by atoms with Gasteiger partial charge < -0.3 is 10.2 Å². The van der Waals surface area contributed by atoms with Crippen molar-refractivity contribution in [3.63, 3.8) is 0 Å². The lowest BCUT2D eigenvalue weighted by molar-refractivity contribution is -0.133. The summed E-state index contributed by atoms with van der Waals surface area (Å²) in [5.41, 5.74) is 3.08. The first-order valence-electron chi connectivity index (χ1n) is 10.0. The molecular formula is C20H32N6O2. The molecule has 0 bridgehead atoms. The van der Waals surface area contributed by atoms with Crippen molar-refractivity contribution in [3.05, 3.63) is 17.0 Å². The summed E-state index contributed by atoms with van der Waals surface area (Å²) in [6.45, 7) is 11.6. The summed E-state index contributed by atoms with van der Waals surface area (Å²) in [6.07, 6.45) is 1.55. The molecule has 154 valence electrons. The van der Waals surface area contributed by atoms with E-state index < -0.39 is 0 Å². The molecule has 0 saturated carbocycles. The van der Waals surface area contributed by atoms with Crippen LogP contribution in [0.3, 0.4) is 0 Å². The van der Waals surface area contributed by atoms with Crippen molar-refractivity contribution in [3.8, 4) is 6.07 Å². The smallest absolute Gasteiger partial charge is 0.234 e. The summed E-state index contributed by atoms with van der Waals surface area (Å²) in [4.78, 5) is 28.5. The van der Waals surface area contributed by atoms with E-state index >= 15 is 0 Å². The second-order valence-corrected chi connectivity index (χ2v) is 7.66. The lowest BCUT2D eigenvalue weighted by Gasteiger charge is -2.34. The summed E-state index contributed by atoms with van der Waals surface area (Å²) in [5.74, 6) is 0.184. The van der Waals surface area contributed by atoms with Crippen LogP contribution in [0.2, 0.25) is 0 Å². The molecule has 8 heteroatoms. The SMILES string of the molecule is Cc1nn(CCC#N)c(C)c1CCC(=O)N1CCN(CC(=O)NC(C)C)CC1. The van der Waals surface area contributed by atoms with Crippen LogP contribution in [-0.2, 0) is 22.6 Å². The molecule has 1 aliphatic rings. The van der Waals surface area contributed by atoms with Crippen LogP contribution in [0.4, 0.5) is 0 Å². The minimum Gasteiger partial charge on any atom is -0.353 e. The Morgan fingerprint density at radius 1 is 1.21 bits per heavy atom. The Morgan fingerprint density at radius 3 is 2.50 bits per heavy atom. The standard InChI is InChI=1S/C20H32N6O2/c1-15(2)22-19(27)14-24-10-12-25(13-11-24)20(28)7-6-18-16(3)23-26(17(18)4)9-5-8-21/h15H,5-7,9-14H2,1-4H3,(H,22,27). The van der Waals surface area contributed by atoms with Gasteiger partial charge in [0.05, 0.1) is 31.3 Å². The minimum absolute atomic E-state index is 0.0362. The lowest BCUT2D eigenvalue weighted by atomic mass is 10.1. The fraction of sp³-hybridized carbons (Fsp3) is 0.700. The number of carbonyl (C=O) groups excluding carboxylic acids is 2. The number of nitrogens with zero attached hydrogens (tertiary/aromatic N) is 5. The first-order chi connectivity index (χ1) is 13.3. The van der Waals surface area contributed by atoms with Crippen molar-refractivity contribution in [2.45, 2.75) is 59.5 Å². The van der Waals surface area contributed by atoms with Gasteiger partial charge in [0, 0.05) is 44.3 Å². The van der Waals surface area contributed by atoms with Gasteiger partial charge in [-0.15, -0.1) is 0 Å². The van der Waals surface area contributed by atoms with Gasteiger partial charge >= 0.3 is 0 Å². The summed E-state index contributed by atoms with van der Waals surface area (Å²) in [5, 5.41) is 16.1. The van der Waals surface area contributed by atoms with Crippen LogP contribution in [0.5, 0.6) is 0 Å². The average molecular weight is 389 g/mol. The highest BCUT2D eigenvalue weighted by molar-refractivity contribution is 5.78. The summed E-state index contributed by atoms with van der Waals surface area (Å²) >= 11 is 0. The van der Waals surface area contributed by atoms with Crippen LogP contribution in [0, 0.1) is 25.2 Å². The van der Waals surface area contributed by atoms with Crippen molar-refractivity contribution in [1.82, 2.24) is 24.9 Å².